The van der Waals surface area contributed by atoms with Gasteiger partial charge in [-0.1, -0.05) is 12.1 Å². The van der Waals surface area contributed by atoms with E-state index in [1.54, 1.807) is 18.2 Å². The molecule has 1 aromatic carbocycles. The molecule has 1 fully saturated rings. The predicted molar refractivity (Wildman–Crippen MR) is 64.7 cm³/mol. The quantitative estimate of drug-likeness (QED) is 0.877. The van der Waals surface area contributed by atoms with Crippen LogP contribution in [0.2, 0.25) is 0 Å². The molecule has 1 aliphatic rings. The fourth-order valence-corrected chi connectivity index (χ4v) is 2.54. The van der Waals surface area contributed by atoms with Crippen molar-refractivity contribution in [1.29, 1.82) is 0 Å². The highest BCUT2D eigenvalue weighted by atomic mass is 79.9. The van der Waals surface area contributed by atoms with Crippen LogP contribution >= 0.6 is 15.9 Å². The van der Waals surface area contributed by atoms with Crippen molar-refractivity contribution in [2.45, 2.75) is 18.9 Å². The number of halogens is 2. The van der Waals surface area contributed by atoms with Gasteiger partial charge in [0.05, 0.1) is 10.6 Å². The molecule has 1 saturated heterocycles. The maximum atomic E-state index is 13.8. The smallest absolute Gasteiger partial charge is 0.143 e. The number of hydrogen-bond donors (Lipinski definition) is 2. The number of piperidine rings is 1. The molecule has 0 saturated carbocycles. The standard InChI is InChI=1S/C12H15BrFNO/c13-10-3-1-2-9(11(10)14)12(16)8-4-6-15-7-5-8/h1-3,8,12,15-16H,4-7H2. The summed E-state index contributed by atoms with van der Waals surface area (Å²) in [5.74, 6) is -0.182. The van der Waals surface area contributed by atoms with Crippen LogP contribution < -0.4 is 5.32 Å². The van der Waals surface area contributed by atoms with Crippen LogP contribution in [0.15, 0.2) is 22.7 Å². The third kappa shape index (κ3) is 2.44. The van der Waals surface area contributed by atoms with Gasteiger partial charge in [0.2, 0.25) is 0 Å². The Bertz CT molecular complexity index is 366. The van der Waals surface area contributed by atoms with E-state index in [9.17, 15) is 9.50 Å². The lowest BCUT2D eigenvalue weighted by molar-refractivity contribution is 0.0855. The molecule has 2 nitrogen and oxygen atoms in total. The monoisotopic (exact) mass is 287 g/mol. The maximum absolute atomic E-state index is 13.8. The average Bonchev–Trinajstić information content (AvgIpc) is 2.33. The van der Waals surface area contributed by atoms with E-state index in [1.807, 2.05) is 0 Å². The Kier molecular flexibility index (Phi) is 3.95. The van der Waals surface area contributed by atoms with Crippen molar-refractivity contribution in [3.05, 3.63) is 34.1 Å². The normalized spacial score (nSPS) is 19.7. The van der Waals surface area contributed by atoms with Gasteiger partial charge in [0.25, 0.3) is 0 Å². The Morgan fingerprint density at radius 1 is 1.38 bits per heavy atom. The first kappa shape index (κ1) is 12.0. The van der Waals surface area contributed by atoms with Gasteiger partial charge in [0.1, 0.15) is 5.82 Å². The average molecular weight is 288 g/mol. The molecular formula is C12H15BrFNO. The summed E-state index contributed by atoms with van der Waals surface area (Å²) in [6.45, 7) is 1.80. The van der Waals surface area contributed by atoms with E-state index in [1.165, 1.54) is 0 Å². The molecular weight excluding hydrogens is 273 g/mol. The van der Waals surface area contributed by atoms with Crippen molar-refractivity contribution in [3.8, 4) is 0 Å². The first-order chi connectivity index (χ1) is 7.70. The molecule has 1 aliphatic heterocycles. The molecule has 0 amide bonds. The highest BCUT2D eigenvalue weighted by Crippen LogP contribution is 2.32. The molecule has 2 N–H and O–H groups in total. The molecule has 0 aliphatic carbocycles. The van der Waals surface area contributed by atoms with Crippen molar-refractivity contribution < 1.29 is 9.50 Å². The second-order valence-electron chi connectivity index (χ2n) is 4.18. The minimum Gasteiger partial charge on any atom is -0.388 e. The third-order valence-electron chi connectivity index (χ3n) is 3.13. The van der Waals surface area contributed by atoms with E-state index in [-0.39, 0.29) is 11.7 Å². The van der Waals surface area contributed by atoms with Crippen LogP contribution in [-0.2, 0) is 0 Å². The highest BCUT2D eigenvalue weighted by Gasteiger charge is 2.25. The number of nitrogens with one attached hydrogen (secondary N) is 1. The molecule has 0 spiro atoms. The Hall–Kier alpha value is -0.450. The van der Waals surface area contributed by atoms with E-state index >= 15 is 0 Å². The lowest BCUT2D eigenvalue weighted by atomic mass is 9.88. The van der Waals surface area contributed by atoms with Crippen molar-refractivity contribution in [2.75, 3.05) is 13.1 Å². The van der Waals surface area contributed by atoms with E-state index < -0.39 is 6.10 Å². The Balaban J connectivity index is 2.19. The summed E-state index contributed by atoms with van der Waals surface area (Å²) in [5, 5.41) is 13.4. The molecule has 1 unspecified atom stereocenters. The predicted octanol–water partition coefficient (Wildman–Crippen LogP) is 2.62. The number of aliphatic hydroxyl groups is 1. The zero-order valence-electron chi connectivity index (χ0n) is 8.92. The number of aliphatic hydroxyl groups excluding tert-OH is 1. The Morgan fingerprint density at radius 3 is 2.75 bits per heavy atom. The topological polar surface area (TPSA) is 32.3 Å². The van der Waals surface area contributed by atoms with Gasteiger partial charge in [0, 0.05) is 5.56 Å². The van der Waals surface area contributed by atoms with Crippen LogP contribution in [-0.4, -0.2) is 18.2 Å². The van der Waals surface area contributed by atoms with Gasteiger partial charge < -0.3 is 10.4 Å². The number of benzene rings is 1. The van der Waals surface area contributed by atoms with E-state index in [2.05, 4.69) is 21.2 Å². The molecule has 88 valence electrons. The van der Waals surface area contributed by atoms with Crippen LogP contribution in [0.5, 0.6) is 0 Å². The number of rotatable bonds is 2. The largest absolute Gasteiger partial charge is 0.388 e. The molecule has 0 bridgehead atoms. The fourth-order valence-electron chi connectivity index (χ4n) is 2.16. The van der Waals surface area contributed by atoms with Crippen LogP contribution in [0.1, 0.15) is 24.5 Å². The minimum absolute atomic E-state index is 0.157. The van der Waals surface area contributed by atoms with Gasteiger partial charge in [-0.15, -0.1) is 0 Å². The van der Waals surface area contributed by atoms with Crippen molar-refractivity contribution >= 4 is 15.9 Å². The lowest BCUT2D eigenvalue weighted by Crippen LogP contribution is -2.31. The summed E-state index contributed by atoms with van der Waals surface area (Å²) in [6, 6.07) is 5.06. The van der Waals surface area contributed by atoms with Gasteiger partial charge in [-0.2, -0.15) is 0 Å². The van der Waals surface area contributed by atoms with Gasteiger partial charge in [-0.25, -0.2) is 4.39 Å². The van der Waals surface area contributed by atoms with E-state index in [0.717, 1.165) is 25.9 Å². The zero-order valence-corrected chi connectivity index (χ0v) is 10.5. The third-order valence-corrected chi connectivity index (χ3v) is 3.74. The van der Waals surface area contributed by atoms with Gasteiger partial charge in [0.15, 0.2) is 0 Å². The van der Waals surface area contributed by atoms with Gasteiger partial charge in [-0.05, 0) is 53.8 Å². The van der Waals surface area contributed by atoms with Crippen LogP contribution in [0.25, 0.3) is 0 Å². The summed E-state index contributed by atoms with van der Waals surface area (Å²) in [4.78, 5) is 0. The molecule has 1 atom stereocenters. The van der Waals surface area contributed by atoms with E-state index in [0.29, 0.717) is 10.0 Å². The molecule has 4 heteroatoms. The molecule has 1 heterocycles. The summed E-state index contributed by atoms with van der Waals surface area (Å²) >= 11 is 3.14. The summed E-state index contributed by atoms with van der Waals surface area (Å²) in [6.07, 6.45) is 1.10. The van der Waals surface area contributed by atoms with Crippen LogP contribution in [0.3, 0.4) is 0 Å². The van der Waals surface area contributed by atoms with Crippen molar-refractivity contribution in [3.63, 3.8) is 0 Å². The Morgan fingerprint density at radius 2 is 2.06 bits per heavy atom. The first-order valence-corrected chi connectivity index (χ1v) is 6.32. The summed E-state index contributed by atoms with van der Waals surface area (Å²) in [5.41, 5.74) is 0.404. The highest BCUT2D eigenvalue weighted by molar-refractivity contribution is 9.10. The van der Waals surface area contributed by atoms with E-state index in [4.69, 9.17) is 0 Å². The molecule has 0 radical (unpaired) electrons. The first-order valence-electron chi connectivity index (χ1n) is 5.53. The van der Waals surface area contributed by atoms with Crippen molar-refractivity contribution in [1.82, 2.24) is 5.32 Å². The Labute approximate surface area is 103 Å². The van der Waals surface area contributed by atoms with Gasteiger partial charge in [-0.3, -0.25) is 0 Å². The number of hydrogen-bond acceptors (Lipinski definition) is 2. The summed E-state index contributed by atoms with van der Waals surface area (Å²) in [7, 11) is 0. The second-order valence-corrected chi connectivity index (χ2v) is 5.03. The van der Waals surface area contributed by atoms with Crippen LogP contribution in [0.4, 0.5) is 4.39 Å². The molecule has 1 aromatic rings. The maximum Gasteiger partial charge on any atom is 0.143 e. The summed E-state index contributed by atoms with van der Waals surface area (Å²) < 4.78 is 14.2. The lowest BCUT2D eigenvalue weighted by Gasteiger charge is -2.27. The zero-order chi connectivity index (χ0) is 11.5. The minimum atomic E-state index is -0.695. The van der Waals surface area contributed by atoms with Crippen LogP contribution in [0, 0.1) is 11.7 Å². The van der Waals surface area contributed by atoms with Crippen molar-refractivity contribution in [2.24, 2.45) is 5.92 Å². The SMILES string of the molecule is OC(c1cccc(Br)c1F)C1CCNCC1. The molecule has 2 rings (SSSR count). The second kappa shape index (κ2) is 5.25. The molecule has 16 heavy (non-hydrogen) atoms. The fraction of sp³-hybridized carbons (Fsp3) is 0.500. The molecule has 0 aromatic heterocycles. The van der Waals surface area contributed by atoms with Gasteiger partial charge >= 0.3 is 0 Å².